The van der Waals surface area contributed by atoms with E-state index in [-0.39, 0.29) is 29.7 Å². The van der Waals surface area contributed by atoms with Crippen LogP contribution in [0.2, 0.25) is 0 Å². The second-order valence-electron chi connectivity index (χ2n) is 5.71. The lowest BCUT2D eigenvalue weighted by Crippen LogP contribution is -2.56. The first-order chi connectivity index (χ1) is 12.1. The van der Waals surface area contributed by atoms with Gasteiger partial charge in [0.05, 0.1) is 11.1 Å². The molecule has 2 aliphatic rings. The average Bonchev–Trinajstić information content (AvgIpc) is 2.79. The predicted octanol–water partition coefficient (Wildman–Crippen LogP) is -0.551. The molecule has 26 heavy (non-hydrogen) atoms. The van der Waals surface area contributed by atoms with Crippen LogP contribution in [0, 0.1) is 0 Å². The van der Waals surface area contributed by atoms with Gasteiger partial charge in [0.1, 0.15) is 12.8 Å². The minimum Gasteiger partial charge on any atom is -0.398 e. The Morgan fingerprint density at radius 2 is 1.88 bits per heavy atom. The van der Waals surface area contributed by atoms with E-state index in [1.807, 2.05) is 0 Å². The van der Waals surface area contributed by atoms with Gasteiger partial charge in [-0.2, -0.15) is 0 Å². The minimum atomic E-state index is -4.92. The van der Waals surface area contributed by atoms with Crippen LogP contribution in [0.4, 0.5) is 5.69 Å². The van der Waals surface area contributed by atoms with E-state index in [9.17, 15) is 23.7 Å². The monoisotopic (exact) mass is 383 g/mol. The summed E-state index contributed by atoms with van der Waals surface area (Å²) >= 11 is 0. The third-order valence-corrected chi connectivity index (χ3v) is 4.58. The first-order valence-corrected chi connectivity index (χ1v) is 8.95. The maximum Gasteiger partial charge on any atom is 0.471 e. The minimum absolute atomic E-state index is 0.0137. The van der Waals surface area contributed by atoms with Crippen LogP contribution in [0.5, 0.6) is 0 Å². The normalized spacial score (nSPS) is 20.8. The first-order valence-electron chi connectivity index (χ1n) is 7.42. The summed E-state index contributed by atoms with van der Waals surface area (Å²) in [5.74, 6) is -3.16. The van der Waals surface area contributed by atoms with Crippen LogP contribution in [-0.2, 0) is 18.7 Å². The molecule has 0 saturated carbocycles. The molecule has 1 saturated heterocycles. The molecule has 0 bridgehead atoms. The Hall–Kier alpha value is -2.59. The lowest BCUT2D eigenvalue weighted by atomic mass is 10.0. The number of imide groups is 2. The van der Waals surface area contributed by atoms with E-state index in [0.717, 1.165) is 4.90 Å². The fraction of sp³-hybridized carbons (Fsp3) is 0.286. The molecule has 11 nitrogen and oxygen atoms in total. The number of rotatable bonds is 4. The highest BCUT2D eigenvalue weighted by Crippen LogP contribution is 2.37. The third kappa shape index (κ3) is 3.01. The lowest BCUT2D eigenvalue weighted by Gasteiger charge is -2.34. The number of phosphoric acid groups is 1. The number of likely N-dealkylation sites (tertiary alicyclic amines) is 1. The Morgan fingerprint density at radius 1 is 1.19 bits per heavy atom. The van der Waals surface area contributed by atoms with Gasteiger partial charge in [0.2, 0.25) is 5.91 Å². The van der Waals surface area contributed by atoms with Gasteiger partial charge in [-0.05, 0) is 18.6 Å². The largest absolute Gasteiger partial charge is 0.471 e. The van der Waals surface area contributed by atoms with Gasteiger partial charge in [0.25, 0.3) is 17.7 Å². The maximum atomic E-state index is 12.6. The zero-order chi connectivity index (χ0) is 19.2. The van der Waals surface area contributed by atoms with Crippen LogP contribution >= 0.6 is 7.82 Å². The summed E-state index contributed by atoms with van der Waals surface area (Å²) in [6.07, 6.45) is -0.306. The Kier molecular flexibility index (Phi) is 4.41. The van der Waals surface area contributed by atoms with Crippen molar-refractivity contribution < 1.29 is 38.1 Å². The summed E-state index contributed by atoms with van der Waals surface area (Å²) in [6.45, 7) is -0.982. The molecule has 0 spiro atoms. The standard InChI is InChI=1S/C14H14N3O8P/c15-8-3-1-2-7-11(8)14(21)17(12(7)19)9-4-5-10(18)16(13(9)20)6-25-26(22,23)24/h1-3,9H,4-6,15H2,(H2,22,23,24). The van der Waals surface area contributed by atoms with E-state index >= 15 is 0 Å². The van der Waals surface area contributed by atoms with E-state index in [2.05, 4.69) is 4.52 Å². The predicted molar refractivity (Wildman–Crippen MR) is 84.2 cm³/mol. The van der Waals surface area contributed by atoms with E-state index < -0.39 is 44.2 Å². The molecule has 0 radical (unpaired) electrons. The quantitative estimate of drug-likeness (QED) is 0.351. The number of hydrogen-bond acceptors (Lipinski definition) is 7. The molecular formula is C14H14N3O8P. The highest BCUT2D eigenvalue weighted by molar-refractivity contribution is 7.46. The Morgan fingerprint density at radius 3 is 2.50 bits per heavy atom. The summed E-state index contributed by atoms with van der Waals surface area (Å²) in [7, 11) is -4.92. The van der Waals surface area contributed by atoms with Crippen molar-refractivity contribution in [1.29, 1.82) is 0 Å². The summed E-state index contributed by atoms with van der Waals surface area (Å²) in [5.41, 5.74) is 5.87. The van der Waals surface area contributed by atoms with Gasteiger partial charge in [-0.1, -0.05) is 6.07 Å². The van der Waals surface area contributed by atoms with Crippen LogP contribution in [0.25, 0.3) is 0 Å². The van der Waals surface area contributed by atoms with Gasteiger partial charge >= 0.3 is 7.82 Å². The van der Waals surface area contributed by atoms with E-state index in [0.29, 0.717) is 4.90 Å². The van der Waals surface area contributed by atoms with Crippen LogP contribution in [0.1, 0.15) is 33.6 Å². The zero-order valence-electron chi connectivity index (χ0n) is 13.2. The number of phosphoric ester groups is 1. The molecule has 2 aliphatic heterocycles. The molecule has 1 fully saturated rings. The van der Waals surface area contributed by atoms with Gasteiger partial charge < -0.3 is 15.5 Å². The molecule has 2 heterocycles. The van der Waals surface area contributed by atoms with Gasteiger partial charge in [0.15, 0.2) is 0 Å². The number of piperidine rings is 1. The van der Waals surface area contributed by atoms with Crippen LogP contribution in [0.3, 0.4) is 0 Å². The molecule has 138 valence electrons. The highest BCUT2D eigenvalue weighted by atomic mass is 31.2. The SMILES string of the molecule is Nc1cccc2c1C(=O)N(C1CCC(=O)N(COP(=O)(O)O)C1=O)C2=O. The van der Waals surface area contributed by atoms with E-state index in [4.69, 9.17) is 15.5 Å². The molecule has 0 aliphatic carbocycles. The van der Waals surface area contributed by atoms with Crippen LogP contribution in [0.15, 0.2) is 18.2 Å². The second-order valence-corrected chi connectivity index (χ2v) is 6.95. The fourth-order valence-corrected chi connectivity index (χ4v) is 3.21. The number of carbonyl (C=O) groups excluding carboxylic acids is 4. The molecule has 1 atom stereocenters. The van der Waals surface area contributed by atoms with Gasteiger partial charge in [-0.3, -0.25) is 33.5 Å². The molecular weight excluding hydrogens is 369 g/mol. The summed E-state index contributed by atoms with van der Waals surface area (Å²) < 4.78 is 15.0. The van der Waals surface area contributed by atoms with Crippen molar-refractivity contribution in [3.8, 4) is 0 Å². The molecule has 1 aromatic rings. The summed E-state index contributed by atoms with van der Waals surface area (Å²) in [5, 5.41) is 0. The van der Waals surface area contributed by atoms with Crippen molar-refractivity contribution in [3.63, 3.8) is 0 Å². The lowest BCUT2D eigenvalue weighted by molar-refractivity contribution is -0.155. The van der Waals surface area contributed by atoms with Gasteiger partial charge in [-0.15, -0.1) is 0 Å². The third-order valence-electron chi connectivity index (χ3n) is 4.13. The molecule has 12 heteroatoms. The number of nitrogens with two attached hydrogens (primary N) is 1. The number of amides is 4. The summed E-state index contributed by atoms with van der Waals surface area (Å²) in [4.78, 5) is 68.3. The molecule has 4 amide bonds. The average molecular weight is 383 g/mol. The van der Waals surface area contributed by atoms with Crippen molar-refractivity contribution in [2.45, 2.75) is 18.9 Å². The summed E-state index contributed by atoms with van der Waals surface area (Å²) in [6, 6.07) is 3.05. The fourth-order valence-electron chi connectivity index (χ4n) is 2.94. The Labute approximate surface area is 146 Å². The molecule has 4 N–H and O–H groups in total. The topological polar surface area (TPSA) is 168 Å². The molecule has 1 aromatic carbocycles. The number of nitrogens with zero attached hydrogens (tertiary/aromatic N) is 2. The number of fused-ring (bicyclic) bond motifs is 1. The smallest absolute Gasteiger partial charge is 0.398 e. The van der Waals surface area contributed by atoms with E-state index in [1.165, 1.54) is 18.2 Å². The van der Waals surface area contributed by atoms with Crippen LogP contribution in [-0.4, -0.2) is 56.0 Å². The number of benzene rings is 1. The Balaban J connectivity index is 1.88. The van der Waals surface area contributed by atoms with Gasteiger partial charge in [-0.25, -0.2) is 4.57 Å². The van der Waals surface area contributed by atoms with Crippen molar-refractivity contribution in [3.05, 3.63) is 29.3 Å². The van der Waals surface area contributed by atoms with Crippen molar-refractivity contribution in [2.75, 3.05) is 12.5 Å². The number of carbonyl (C=O) groups is 4. The number of hydrogen-bond donors (Lipinski definition) is 3. The maximum absolute atomic E-state index is 12.6. The second kappa shape index (κ2) is 6.29. The molecule has 1 unspecified atom stereocenters. The number of nitrogen functional groups attached to an aromatic ring is 1. The van der Waals surface area contributed by atoms with E-state index in [1.54, 1.807) is 0 Å². The van der Waals surface area contributed by atoms with Crippen molar-refractivity contribution in [1.82, 2.24) is 9.80 Å². The number of anilines is 1. The Bertz CT molecular complexity index is 879. The van der Waals surface area contributed by atoms with Gasteiger partial charge in [0, 0.05) is 12.1 Å². The van der Waals surface area contributed by atoms with Crippen LogP contribution < -0.4 is 5.73 Å². The molecule has 0 aromatic heterocycles. The highest BCUT2D eigenvalue weighted by Gasteiger charge is 2.47. The zero-order valence-corrected chi connectivity index (χ0v) is 14.1. The molecule has 3 rings (SSSR count). The first kappa shape index (κ1) is 18.2. The van der Waals surface area contributed by atoms with Crippen molar-refractivity contribution in [2.24, 2.45) is 0 Å². The van der Waals surface area contributed by atoms with Crippen molar-refractivity contribution >= 4 is 37.1 Å².